The van der Waals surface area contributed by atoms with Crippen LogP contribution >= 0.6 is 12.6 Å². The molecule has 0 rings (SSSR count). The van der Waals surface area contributed by atoms with Gasteiger partial charge in [-0.1, -0.05) is 13.8 Å². The summed E-state index contributed by atoms with van der Waals surface area (Å²) in [7, 11) is 0. The minimum atomic E-state index is -0.0672. The molecule has 0 aromatic carbocycles. The molecule has 13 heavy (non-hydrogen) atoms. The molecule has 0 fully saturated rings. The quantitative estimate of drug-likeness (QED) is 0.392. The van der Waals surface area contributed by atoms with Crippen molar-refractivity contribution in [3.05, 3.63) is 0 Å². The number of rotatable bonds is 7. The molecule has 0 spiro atoms. The summed E-state index contributed by atoms with van der Waals surface area (Å²) in [6.07, 6.45) is 3.38. The zero-order valence-corrected chi connectivity index (χ0v) is 9.48. The summed E-state index contributed by atoms with van der Waals surface area (Å²) in [6.45, 7) is 4.81. The molecule has 0 amide bonds. The van der Waals surface area contributed by atoms with Crippen LogP contribution in [0.1, 0.15) is 39.5 Å². The van der Waals surface area contributed by atoms with Gasteiger partial charge in [-0.15, -0.1) is 0 Å². The lowest BCUT2D eigenvalue weighted by atomic mass is 10.1. The molecular formula is C10H20O2S. The molecule has 0 N–H and O–H groups in total. The predicted molar refractivity (Wildman–Crippen MR) is 58.1 cm³/mol. The number of ether oxygens (including phenoxy) is 1. The van der Waals surface area contributed by atoms with E-state index in [1.54, 1.807) is 0 Å². The van der Waals surface area contributed by atoms with E-state index in [4.69, 9.17) is 4.74 Å². The summed E-state index contributed by atoms with van der Waals surface area (Å²) in [5, 5.41) is 0. The predicted octanol–water partition coefficient (Wildman–Crippen LogP) is 2.68. The van der Waals surface area contributed by atoms with Gasteiger partial charge in [0.1, 0.15) is 0 Å². The van der Waals surface area contributed by atoms with Crippen LogP contribution in [0.4, 0.5) is 0 Å². The largest absolute Gasteiger partial charge is 0.466 e. The number of carbonyl (C=O) groups excluding carboxylic acids is 1. The van der Waals surface area contributed by atoms with E-state index in [0.717, 1.165) is 25.0 Å². The lowest BCUT2D eigenvalue weighted by molar-refractivity contribution is -0.144. The smallest absolute Gasteiger partial charge is 0.305 e. The van der Waals surface area contributed by atoms with Crippen molar-refractivity contribution in [2.75, 3.05) is 12.4 Å². The minimum Gasteiger partial charge on any atom is -0.466 e. The minimum absolute atomic E-state index is 0.0672. The first-order chi connectivity index (χ1) is 6.16. The highest BCUT2D eigenvalue weighted by Crippen LogP contribution is 2.02. The molecule has 0 aromatic rings. The van der Waals surface area contributed by atoms with Gasteiger partial charge in [0.15, 0.2) is 0 Å². The summed E-state index contributed by atoms with van der Waals surface area (Å²) < 4.78 is 5.04. The van der Waals surface area contributed by atoms with E-state index >= 15 is 0 Å². The second-order valence-corrected chi connectivity index (χ2v) is 4.03. The average Bonchev–Trinajstić information content (AvgIpc) is 2.04. The van der Waals surface area contributed by atoms with Crippen molar-refractivity contribution in [3.63, 3.8) is 0 Å². The van der Waals surface area contributed by atoms with Gasteiger partial charge in [0.2, 0.25) is 0 Å². The number of hydrogen-bond acceptors (Lipinski definition) is 3. The Morgan fingerprint density at radius 1 is 1.38 bits per heavy atom. The zero-order chi connectivity index (χ0) is 10.1. The fourth-order valence-corrected chi connectivity index (χ4v) is 1.09. The standard InChI is InChI=1S/C10H20O2S/c1-9(2)6-7-12-10(11)5-3-4-8-13/h9,13H,3-8H2,1-2H3. The van der Waals surface area contributed by atoms with Crippen molar-refractivity contribution in [1.29, 1.82) is 0 Å². The molecule has 0 saturated heterocycles. The maximum Gasteiger partial charge on any atom is 0.305 e. The molecule has 0 aliphatic heterocycles. The van der Waals surface area contributed by atoms with E-state index in [9.17, 15) is 4.79 Å². The molecule has 78 valence electrons. The van der Waals surface area contributed by atoms with E-state index in [-0.39, 0.29) is 5.97 Å². The third-order valence-electron chi connectivity index (χ3n) is 1.75. The van der Waals surface area contributed by atoms with Gasteiger partial charge in [-0.05, 0) is 30.9 Å². The van der Waals surface area contributed by atoms with Gasteiger partial charge in [0.25, 0.3) is 0 Å². The lowest BCUT2D eigenvalue weighted by Gasteiger charge is -2.06. The first kappa shape index (κ1) is 12.8. The van der Waals surface area contributed by atoms with Crippen molar-refractivity contribution >= 4 is 18.6 Å². The second kappa shape index (κ2) is 8.42. The van der Waals surface area contributed by atoms with E-state index in [1.165, 1.54) is 0 Å². The summed E-state index contributed by atoms with van der Waals surface area (Å²) in [4.78, 5) is 11.1. The van der Waals surface area contributed by atoms with Crippen LogP contribution in [-0.4, -0.2) is 18.3 Å². The van der Waals surface area contributed by atoms with E-state index < -0.39 is 0 Å². The molecule has 0 aliphatic carbocycles. The molecule has 0 bridgehead atoms. The number of hydrogen-bond donors (Lipinski definition) is 1. The van der Waals surface area contributed by atoms with Crippen molar-refractivity contribution < 1.29 is 9.53 Å². The Labute approximate surface area is 86.5 Å². The summed E-state index contributed by atoms with van der Waals surface area (Å²) >= 11 is 4.07. The topological polar surface area (TPSA) is 26.3 Å². The van der Waals surface area contributed by atoms with E-state index in [0.29, 0.717) is 18.9 Å². The van der Waals surface area contributed by atoms with Gasteiger partial charge < -0.3 is 4.74 Å². The maximum atomic E-state index is 11.1. The maximum absolute atomic E-state index is 11.1. The first-order valence-corrected chi connectivity index (χ1v) is 5.56. The Morgan fingerprint density at radius 3 is 2.62 bits per heavy atom. The first-order valence-electron chi connectivity index (χ1n) is 4.93. The van der Waals surface area contributed by atoms with Gasteiger partial charge in [-0.25, -0.2) is 0 Å². The van der Waals surface area contributed by atoms with Gasteiger partial charge in [-0.3, -0.25) is 4.79 Å². The van der Waals surface area contributed by atoms with Crippen molar-refractivity contribution in [2.45, 2.75) is 39.5 Å². The molecule has 2 nitrogen and oxygen atoms in total. The van der Waals surface area contributed by atoms with Crippen molar-refractivity contribution in [2.24, 2.45) is 5.92 Å². The van der Waals surface area contributed by atoms with Crippen LogP contribution in [0.15, 0.2) is 0 Å². The zero-order valence-electron chi connectivity index (χ0n) is 8.58. The lowest BCUT2D eigenvalue weighted by Crippen LogP contribution is -2.07. The Kier molecular flexibility index (Phi) is 8.30. The number of unbranched alkanes of at least 4 members (excludes halogenated alkanes) is 1. The van der Waals surface area contributed by atoms with Crippen LogP contribution in [0.5, 0.6) is 0 Å². The molecule has 0 unspecified atom stereocenters. The fraction of sp³-hybridized carbons (Fsp3) is 0.900. The van der Waals surface area contributed by atoms with Crippen LogP contribution in [0.2, 0.25) is 0 Å². The summed E-state index contributed by atoms with van der Waals surface area (Å²) in [5.41, 5.74) is 0. The molecule has 0 atom stereocenters. The molecule has 0 aromatic heterocycles. The van der Waals surface area contributed by atoms with Crippen LogP contribution in [0, 0.1) is 5.92 Å². The van der Waals surface area contributed by atoms with Gasteiger partial charge in [-0.2, -0.15) is 12.6 Å². The fourth-order valence-electron chi connectivity index (χ4n) is 0.862. The Bertz CT molecular complexity index is 135. The highest BCUT2D eigenvalue weighted by molar-refractivity contribution is 7.80. The molecule has 3 heteroatoms. The Hall–Kier alpha value is -0.180. The molecular weight excluding hydrogens is 184 g/mol. The third-order valence-corrected chi connectivity index (χ3v) is 2.06. The van der Waals surface area contributed by atoms with E-state index in [1.807, 2.05) is 0 Å². The third kappa shape index (κ3) is 9.74. The molecule has 0 saturated carbocycles. The van der Waals surface area contributed by atoms with Gasteiger partial charge in [0.05, 0.1) is 6.61 Å². The van der Waals surface area contributed by atoms with Crippen molar-refractivity contribution in [3.8, 4) is 0 Å². The van der Waals surface area contributed by atoms with Gasteiger partial charge in [0, 0.05) is 6.42 Å². The van der Waals surface area contributed by atoms with Crippen LogP contribution in [0.25, 0.3) is 0 Å². The number of thiol groups is 1. The summed E-state index contributed by atoms with van der Waals surface area (Å²) in [6, 6.07) is 0. The molecule has 0 aliphatic rings. The molecule has 0 heterocycles. The summed E-state index contributed by atoms with van der Waals surface area (Å²) in [5.74, 6) is 1.38. The second-order valence-electron chi connectivity index (χ2n) is 3.58. The number of esters is 1. The van der Waals surface area contributed by atoms with Crippen molar-refractivity contribution in [1.82, 2.24) is 0 Å². The Morgan fingerprint density at radius 2 is 2.08 bits per heavy atom. The monoisotopic (exact) mass is 204 g/mol. The van der Waals surface area contributed by atoms with Crippen LogP contribution in [-0.2, 0) is 9.53 Å². The van der Waals surface area contributed by atoms with Crippen LogP contribution in [0.3, 0.4) is 0 Å². The Balaban J connectivity index is 3.20. The van der Waals surface area contributed by atoms with Gasteiger partial charge >= 0.3 is 5.97 Å². The highest BCUT2D eigenvalue weighted by atomic mass is 32.1. The molecule has 0 radical (unpaired) electrons. The number of carbonyl (C=O) groups is 1. The average molecular weight is 204 g/mol. The van der Waals surface area contributed by atoms with Crippen LogP contribution < -0.4 is 0 Å². The normalized spacial score (nSPS) is 10.5. The highest BCUT2D eigenvalue weighted by Gasteiger charge is 2.02. The van der Waals surface area contributed by atoms with E-state index in [2.05, 4.69) is 26.5 Å². The SMILES string of the molecule is CC(C)CCOC(=O)CCCCS.